The van der Waals surface area contributed by atoms with E-state index in [2.05, 4.69) is 0 Å². The summed E-state index contributed by atoms with van der Waals surface area (Å²) in [5.41, 5.74) is -1.75. The van der Waals surface area contributed by atoms with Crippen molar-refractivity contribution in [3.05, 3.63) is 29.8 Å². The highest BCUT2D eigenvalue weighted by atomic mass is 32.2. The summed E-state index contributed by atoms with van der Waals surface area (Å²) in [6.45, 7) is 5.23. The minimum Gasteiger partial charge on any atom is -0.508 e. The van der Waals surface area contributed by atoms with E-state index < -0.39 is 23.4 Å². The summed E-state index contributed by atoms with van der Waals surface area (Å²) in [6, 6.07) is 6.30. The second-order valence-corrected chi connectivity index (χ2v) is 7.49. The van der Waals surface area contributed by atoms with Crippen LogP contribution < -0.4 is 0 Å². The fraction of sp³-hybridized carbons (Fsp3) is 0.556. The Morgan fingerprint density at radius 2 is 1.73 bits per heavy atom. The number of ether oxygens (including phenoxy) is 3. The average molecular weight is 385 g/mol. The number of esters is 1. The average Bonchev–Trinajstić information content (AvgIpc) is 2.57. The molecule has 1 rings (SSSR count). The Hall–Kier alpha value is -1.93. The van der Waals surface area contributed by atoms with Gasteiger partial charge in [0.25, 0.3) is 0 Å². The van der Waals surface area contributed by atoms with Crippen LogP contribution in [0.25, 0.3) is 0 Å². The van der Waals surface area contributed by atoms with Crippen LogP contribution in [0.15, 0.2) is 24.3 Å². The minimum absolute atomic E-state index is 0.0380. The predicted octanol–water partition coefficient (Wildman–Crippen LogP) is 3.01. The van der Waals surface area contributed by atoms with Crippen LogP contribution in [-0.2, 0) is 25.4 Å². The highest BCUT2D eigenvalue weighted by Gasteiger charge is 2.49. The number of hydrogen-bond donors (Lipinski definition) is 1. The third kappa shape index (κ3) is 5.54. The summed E-state index contributed by atoms with van der Waals surface area (Å²) in [7, 11) is 2.58. The van der Waals surface area contributed by atoms with Crippen molar-refractivity contribution in [3.63, 3.8) is 0 Å². The monoisotopic (exact) mass is 385 g/mol. The molecule has 0 bridgehead atoms. The summed E-state index contributed by atoms with van der Waals surface area (Å²) in [6.07, 6.45) is 1.16. The molecular formula is C18H27NO6S. The summed E-state index contributed by atoms with van der Waals surface area (Å²) in [4.78, 5) is 26.7. The van der Waals surface area contributed by atoms with Crippen molar-refractivity contribution in [1.82, 2.24) is 4.90 Å². The van der Waals surface area contributed by atoms with Gasteiger partial charge in [0.15, 0.2) is 0 Å². The topological polar surface area (TPSA) is 85.3 Å². The van der Waals surface area contributed by atoms with Gasteiger partial charge >= 0.3 is 12.1 Å². The minimum atomic E-state index is -1.70. The molecule has 1 atom stereocenters. The van der Waals surface area contributed by atoms with E-state index >= 15 is 0 Å². The van der Waals surface area contributed by atoms with Gasteiger partial charge in [0, 0.05) is 13.5 Å². The second kappa shape index (κ2) is 9.14. The molecule has 8 heteroatoms. The molecule has 0 aliphatic rings. The van der Waals surface area contributed by atoms with Gasteiger partial charge in [-0.1, -0.05) is 12.1 Å². The Balaban J connectivity index is 3.35. The Kier molecular flexibility index (Phi) is 7.77. The van der Waals surface area contributed by atoms with Gasteiger partial charge in [-0.3, -0.25) is 4.90 Å². The molecule has 0 aliphatic carbocycles. The number of thioether (sulfide) groups is 1. The molecule has 1 aromatic carbocycles. The van der Waals surface area contributed by atoms with E-state index in [-0.39, 0.29) is 18.0 Å². The fourth-order valence-electron chi connectivity index (χ4n) is 2.34. The number of rotatable bonds is 7. The molecule has 0 aliphatic heterocycles. The second-order valence-electron chi connectivity index (χ2n) is 6.65. The first-order chi connectivity index (χ1) is 12.1. The molecule has 0 heterocycles. The molecule has 0 saturated heterocycles. The van der Waals surface area contributed by atoms with Crippen molar-refractivity contribution in [2.45, 2.75) is 38.5 Å². The van der Waals surface area contributed by atoms with Gasteiger partial charge < -0.3 is 19.3 Å². The zero-order valence-electron chi connectivity index (χ0n) is 16.1. The van der Waals surface area contributed by atoms with E-state index in [4.69, 9.17) is 14.2 Å². The number of phenols is 1. The van der Waals surface area contributed by atoms with E-state index in [1.165, 1.54) is 43.0 Å². The summed E-state index contributed by atoms with van der Waals surface area (Å²) in [5, 5.41) is 9.47. The number of benzene rings is 1. The Labute approximate surface area is 158 Å². The van der Waals surface area contributed by atoms with E-state index in [1.807, 2.05) is 0 Å². The Morgan fingerprint density at radius 3 is 2.15 bits per heavy atom. The number of methoxy groups -OCH3 is 2. The number of carbonyl (C=O) groups is 2. The van der Waals surface area contributed by atoms with Crippen LogP contribution in [-0.4, -0.2) is 59.7 Å². The Morgan fingerprint density at radius 1 is 1.15 bits per heavy atom. The third-order valence-electron chi connectivity index (χ3n) is 3.53. The summed E-state index contributed by atoms with van der Waals surface area (Å²) in [5.74, 6) is -0.452. The highest BCUT2D eigenvalue weighted by molar-refractivity contribution is 7.98. The van der Waals surface area contributed by atoms with Crippen LogP contribution in [0.3, 0.4) is 0 Å². The quantitative estimate of drug-likeness (QED) is 0.570. The largest absolute Gasteiger partial charge is 0.508 e. The molecule has 1 amide bonds. The van der Waals surface area contributed by atoms with Crippen LogP contribution >= 0.6 is 11.8 Å². The van der Waals surface area contributed by atoms with E-state index in [9.17, 15) is 14.7 Å². The molecule has 1 N–H and O–H groups in total. The smallest absolute Gasteiger partial charge is 0.413 e. The van der Waals surface area contributed by atoms with Crippen LogP contribution in [0.4, 0.5) is 4.79 Å². The van der Waals surface area contributed by atoms with Crippen LogP contribution in [0.2, 0.25) is 0 Å². The van der Waals surface area contributed by atoms with Gasteiger partial charge in [-0.25, -0.2) is 9.59 Å². The molecule has 0 fully saturated rings. The molecule has 0 saturated carbocycles. The first kappa shape index (κ1) is 22.1. The van der Waals surface area contributed by atoms with Gasteiger partial charge in [-0.05, 0) is 44.7 Å². The number of phenolic OH excluding ortho intramolecular Hbond substituents is 1. The highest BCUT2D eigenvalue weighted by Crippen LogP contribution is 2.28. The lowest BCUT2D eigenvalue weighted by Gasteiger charge is -2.40. The molecule has 0 spiro atoms. The van der Waals surface area contributed by atoms with Crippen molar-refractivity contribution in [1.29, 1.82) is 0 Å². The molecule has 0 aromatic heterocycles. The van der Waals surface area contributed by atoms with E-state index in [1.54, 1.807) is 39.2 Å². The van der Waals surface area contributed by atoms with Gasteiger partial charge in [-0.15, -0.1) is 11.8 Å². The lowest BCUT2D eigenvalue weighted by atomic mass is 10.0. The first-order valence-electron chi connectivity index (χ1n) is 8.00. The third-order valence-corrected chi connectivity index (χ3v) is 4.05. The van der Waals surface area contributed by atoms with Crippen LogP contribution in [0.5, 0.6) is 5.75 Å². The van der Waals surface area contributed by atoms with Crippen molar-refractivity contribution in [2.75, 3.05) is 26.4 Å². The van der Waals surface area contributed by atoms with Gasteiger partial charge in [-0.2, -0.15) is 0 Å². The predicted molar refractivity (Wildman–Crippen MR) is 100 cm³/mol. The van der Waals surface area contributed by atoms with Gasteiger partial charge in [0.2, 0.25) is 5.72 Å². The molecule has 1 aromatic rings. The van der Waals surface area contributed by atoms with Gasteiger partial charge in [0.1, 0.15) is 11.4 Å². The first-order valence-corrected chi connectivity index (χ1v) is 9.40. The molecule has 26 heavy (non-hydrogen) atoms. The van der Waals surface area contributed by atoms with Crippen molar-refractivity contribution >= 4 is 23.8 Å². The molecule has 146 valence electrons. The number of nitrogens with zero attached hydrogens (tertiary/aromatic N) is 1. The SMILES string of the molecule is COC(=O)[C@@](Cc1ccc(O)cc1)(OC)N(CSC)C(=O)OC(C)(C)C. The normalized spacial score (nSPS) is 13.6. The van der Waals surface area contributed by atoms with E-state index in [0.29, 0.717) is 5.56 Å². The Bertz CT molecular complexity index is 613. The van der Waals surface area contributed by atoms with Crippen molar-refractivity contribution in [3.8, 4) is 5.75 Å². The van der Waals surface area contributed by atoms with Crippen LogP contribution in [0.1, 0.15) is 26.3 Å². The lowest BCUT2D eigenvalue weighted by Crippen LogP contribution is -2.61. The molecule has 7 nitrogen and oxygen atoms in total. The van der Waals surface area contributed by atoms with E-state index in [0.717, 1.165) is 0 Å². The molecule has 0 radical (unpaired) electrons. The lowest BCUT2D eigenvalue weighted by molar-refractivity contribution is -0.189. The van der Waals surface area contributed by atoms with Crippen LogP contribution in [0, 0.1) is 0 Å². The molecular weight excluding hydrogens is 358 g/mol. The fourth-order valence-corrected chi connectivity index (χ4v) is 2.92. The standard InChI is InChI=1S/C18H27NO6S/c1-17(2,3)25-16(22)19(12-26-6)18(24-5,15(21)23-4)11-13-7-9-14(20)10-8-13/h7-10,20H,11-12H2,1-6H3/t18-/m1/s1. The number of aromatic hydroxyl groups is 1. The van der Waals surface area contributed by atoms with Crippen molar-refractivity contribution in [2.24, 2.45) is 0 Å². The number of hydrogen-bond acceptors (Lipinski definition) is 7. The summed E-state index contributed by atoms with van der Waals surface area (Å²) >= 11 is 1.34. The zero-order valence-corrected chi connectivity index (χ0v) is 16.9. The van der Waals surface area contributed by atoms with Crippen molar-refractivity contribution < 1.29 is 28.9 Å². The zero-order chi connectivity index (χ0) is 20.0. The number of amides is 1. The maximum Gasteiger partial charge on any atom is 0.413 e. The molecule has 0 unspecified atom stereocenters. The maximum absolute atomic E-state index is 12.8. The summed E-state index contributed by atoms with van der Waals surface area (Å²) < 4.78 is 15.9. The maximum atomic E-state index is 12.8. The number of carbonyl (C=O) groups excluding carboxylic acids is 2. The van der Waals surface area contributed by atoms with Gasteiger partial charge in [0.05, 0.1) is 13.0 Å².